The predicted octanol–water partition coefficient (Wildman–Crippen LogP) is 6.65. The van der Waals surface area contributed by atoms with Crippen LogP contribution in [0, 0.1) is 27.7 Å². The number of imidazole rings is 1. The van der Waals surface area contributed by atoms with E-state index in [2.05, 4.69) is 55.3 Å². The zero-order valence-electron chi connectivity index (χ0n) is 16.1. The number of hydrogen-bond donors (Lipinski definition) is 0. The molecule has 0 saturated carbocycles. The van der Waals surface area contributed by atoms with Crippen molar-refractivity contribution in [2.45, 2.75) is 27.7 Å². The van der Waals surface area contributed by atoms with Crippen molar-refractivity contribution in [3.05, 3.63) is 83.0 Å². The van der Waals surface area contributed by atoms with E-state index in [0.29, 0.717) is 0 Å². The van der Waals surface area contributed by atoms with Crippen LogP contribution in [0.1, 0.15) is 22.3 Å². The highest BCUT2D eigenvalue weighted by molar-refractivity contribution is 5.77. The molecule has 0 amide bonds. The molecule has 0 bridgehead atoms. The fourth-order valence-corrected chi connectivity index (χ4v) is 3.24. The van der Waals surface area contributed by atoms with Crippen molar-refractivity contribution >= 4 is 17.2 Å². The van der Waals surface area contributed by atoms with Crippen LogP contribution in [0.15, 0.2) is 71.0 Å². The number of aryl methyl sites for hydroxylation is 4. The average Bonchev–Trinajstić information content (AvgIpc) is 3.03. The normalized spacial score (nSPS) is 11.6. The van der Waals surface area contributed by atoms with Gasteiger partial charge >= 0.3 is 0 Å². The zero-order chi connectivity index (χ0) is 19.0. The Morgan fingerprint density at radius 3 is 2.37 bits per heavy atom. The fraction of sp³-hybridized carbons (Fsp3) is 0.174. The number of pyridine rings is 1. The second kappa shape index (κ2) is 6.80. The summed E-state index contributed by atoms with van der Waals surface area (Å²) < 4.78 is 2.02. The number of rotatable bonds is 3. The lowest BCUT2D eigenvalue weighted by Gasteiger charge is -2.05. The first-order chi connectivity index (χ1) is 13.0. The van der Waals surface area contributed by atoms with E-state index in [9.17, 15) is 0 Å². The number of azo groups is 1. The van der Waals surface area contributed by atoms with Gasteiger partial charge in [0.1, 0.15) is 11.3 Å². The quantitative estimate of drug-likeness (QED) is 0.380. The van der Waals surface area contributed by atoms with Crippen LogP contribution in [0.4, 0.5) is 11.5 Å². The van der Waals surface area contributed by atoms with Gasteiger partial charge in [-0.2, -0.15) is 0 Å². The Kier molecular flexibility index (Phi) is 4.32. The van der Waals surface area contributed by atoms with E-state index in [1.54, 1.807) is 0 Å². The summed E-state index contributed by atoms with van der Waals surface area (Å²) in [7, 11) is 0. The molecule has 0 radical (unpaired) electrons. The molecule has 0 aliphatic carbocycles. The van der Waals surface area contributed by atoms with Crippen LogP contribution in [0.3, 0.4) is 0 Å². The molecule has 2 heterocycles. The van der Waals surface area contributed by atoms with Crippen molar-refractivity contribution in [1.29, 1.82) is 0 Å². The van der Waals surface area contributed by atoms with Crippen LogP contribution in [0.2, 0.25) is 0 Å². The Bertz CT molecular complexity index is 1170. The molecule has 0 aliphatic heterocycles. The summed E-state index contributed by atoms with van der Waals surface area (Å²) in [6, 6.07) is 18.5. The molecule has 2 aromatic heterocycles. The molecule has 0 N–H and O–H groups in total. The minimum absolute atomic E-state index is 0.755. The van der Waals surface area contributed by atoms with Crippen LogP contribution in [-0.4, -0.2) is 9.38 Å². The van der Waals surface area contributed by atoms with Crippen LogP contribution in [0.25, 0.3) is 16.9 Å². The van der Waals surface area contributed by atoms with Crippen LogP contribution >= 0.6 is 0 Å². The van der Waals surface area contributed by atoms with E-state index in [4.69, 9.17) is 4.98 Å². The number of aromatic nitrogens is 2. The van der Waals surface area contributed by atoms with Crippen molar-refractivity contribution in [3.63, 3.8) is 0 Å². The molecule has 0 fully saturated rings. The van der Waals surface area contributed by atoms with Crippen LogP contribution in [-0.2, 0) is 0 Å². The smallest absolute Gasteiger partial charge is 0.187 e. The molecule has 4 rings (SSSR count). The first-order valence-corrected chi connectivity index (χ1v) is 9.07. The predicted molar refractivity (Wildman–Crippen MR) is 110 cm³/mol. The lowest BCUT2D eigenvalue weighted by atomic mass is 10.0. The second-order valence-electron chi connectivity index (χ2n) is 6.97. The van der Waals surface area contributed by atoms with Gasteiger partial charge in [0, 0.05) is 11.8 Å². The van der Waals surface area contributed by atoms with E-state index in [1.165, 1.54) is 11.1 Å². The maximum Gasteiger partial charge on any atom is 0.187 e. The second-order valence-corrected chi connectivity index (χ2v) is 6.97. The van der Waals surface area contributed by atoms with Crippen LogP contribution < -0.4 is 0 Å². The molecule has 27 heavy (non-hydrogen) atoms. The molecule has 0 spiro atoms. The summed E-state index contributed by atoms with van der Waals surface area (Å²) >= 11 is 0. The van der Waals surface area contributed by atoms with E-state index in [1.807, 2.05) is 47.9 Å². The first kappa shape index (κ1) is 17.2. The summed E-state index contributed by atoms with van der Waals surface area (Å²) in [5.41, 5.74) is 8.32. The maximum atomic E-state index is 4.93. The Balaban J connectivity index is 1.96. The third-order valence-electron chi connectivity index (χ3n) is 4.84. The highest BCUT2D eigenvalue weighted by atomic mass is 15.2. The van der Waals surface area contributed by atoms with Gasteiger partial charge in [-0.15, -0.1) is 10.2 Å². The molecule has 0 aliphatic rings. The average molecular weight is 354 g/mol. The van der Waals surface area contributed by atoms with E-state index < -0.39 is 0 Å². The van der Waals surface area contributed by atoms with Gasteiger partial charge in [0.15, 0.2) is 5.82 Å². The van der Waals surface area contributed by atoms with Gasteiger partial charge in [0.25, 0.3) is 0 Å². The summed E-state index contributed by atoms with van der Waals surface area (Å²) in [6.07, 6.45) is 2.00. The minimum Gasteiger partial charge on any atom is -0.282 e. The number of fused-ring (bicyclic) bond motifs is 1. The van der Waals surface area contributed by atoms with E-state index in [0.717, 1.165) is 39.5 Å². The molecular weight excluding hydrogens is 332 g/mol. The van der Waals surface area contributed by atoms with Gasteiger partial charge in [-0.05, 0) is 62.6 Å². The fourth-order valence-electron chi connectivity index (χ4n) is 3.24. The SMILES string of the molecule is Cc1ccc(C)c(-c2nc3c(C)cccn3c2N=Nc2ccccc2C)c1. The van der Waals surface area contributed by atoms with Gasteiger partial charge < -0.3 is 0 Å². The molecule has 0 atom stereocenters. The van der Waals surface area contributed by atoms with Gasteiger partial charge in [0.05, 0.1) is 5.69 Å². The molecular formula is C23H22N4. The Labute approximate surface area is 159 Å². The largest absolute Gasteiger partial charge is 0.282 e. The van der Waals surface area contributed by atoms with Crippen molar-refractivity contribution in [2.75, 3.05) is 0 Å². The van der Waals surface area contributed by atoms with Crippen molar-refractivity contribution in [3.8, 4) is 11.3 Å². The van der Waals surface area contributed by atoms with E-state index >= 15 is 0 Å². The standard InChI is InChI=1S/C23H22N4/c1-15-11-12-16(2)19(14-15)21-23(26-25-20-10-6-5-8-17(20)3)27-13-7-9-18(4)22(27)24-21/h5-14H,1-4H3. The molecule has 4 heteroatoms. The number of benzene rings is 2. The molecule has 2 aromatic carbocycles. The monoisotopic (exact) mass is 354 g/mol. The highest BCUT2D eigenvalue weighted by Crippen LogP contribution is 2.35. The number of hydrogen-bond acceptors (Lipinski definition) is 3. The summed E-state index contributed by atoms with van der Waals surface area (Å²) in [6.45, 7) is 8.31. The Morgan fingerprint density at radius 2 is 1.56 bits per heavy atom. The summed E-state index contributed by atoms with van der Waals surface area (Å²) in [5, 5.41) is 9.17. The minimum atomic E-state index is 0.755. The summed E-state index contributed by atoms with van der Waals surface area (Å²) in [4.78, 5) is 4.93. The Morgan fingerprint density at radius 1 is 0.778 bits per heavy atom. The van der Waals surface area contributed by atoms with Gasteiger partial charge in [-0.3, -0.25) is 4.40 Å². The summed E-state index contributed by atoms with van der Waals surface area (Å²) in [5.74, 6) is 0.755. The van der Waals surface area contributed by atoms with Crippen molar-refractivity contribution in [2.24, 2.45) is 10.2 Å². The number of nitrogens with zero attached hydrogens (tertiary/aromatic N) is 4. The van der Waals surface area contributed by atoms with Gasteiger partial charge in [-0.1, -0.05) is 42.0 Å². The maximum absolute atomic E-state index is 4.93. The molecule has 4 aromatic rings. The zero-order valence-corrected chi connectivity index (χ0v) is 16.1. The van der Waals surface area contributed by atoms with E-state index in [-0.39, 0.29) is 0 Å². The lowest BCUT2D eigenvalue weighted by molar-refractivity contribution is 1.09. The van der Waals surface area contributed by atoms with Gasteiger partial charge in [-0.25, -0.2) is 4.98 Å². The highest BCUT2D eigenvalue weighted by Gasteiger charge is 2.17. The van der Waals surface area contributed by atoms with Gasteiger partial charge in [0.2, 0.25) is 0 Å². The molecule has 134 valence electrons. The Hall–Kier alpha value is -3.27. The van der Waals surface area contributed by atoms with Crippen LogP contribution in [0.5, 0.6) is 0 Å². The topological polar surface area (TPSA) is 42.0 Å². The van der Waals surface area contributed by atoms with Crippen molar-refractivity contribution < 1.29 is 0 Å². The first-order valence-electron chi connectivity index (χ1n) is 9.07. The molecule has 4 nitrogen and oxygen atoms in total. The molecule has 0 unspecified atom stereocenters. The molecule has 0 saturated heterocycles. The van der Waals surface area contributed by atoms with Crippen molar-refractivity contribution in [1.82, 2.24) is 9.38 Å². The third-order valence-corrected chi connectivity index (χ3v) is 4.84. The third kappa shape index (κ3) is 3.14. The lowest BCUT2D eigenvalue weighted by Crippen LogP contribution is -1.86.